The number of anilines is 1. The molecule has 0 spiro atoms. The average Bonchev–Trinajstić information content (AvgIpc) is 2.80. The fourth-order valence-electron chi connectivity index (χ4n) is 1.98. The zero-order valence-corrected chi connectivity index (χ0v) is 12.4. The Morgan fingerprint density at radius 1 is 1.35 bits per heavy atom. The molecule has 1 aliphatic rings. The lowest BCUT2D eigenvalue weighted by atomic mass is 10.3. The molecule has 0 aliphatic carbocycles. The first-order chi connectivity index (χ1) is 9.36. The molecule has 0 aromatic carbocycles. The van der Waals surface area contributed by atoms with Gasteiger partial charge < -0.3 is 14.4 Å². The Bertz CT molecular complexity index is 634. The zero-order valence-electron chi connectivity index (χ0n) is 10.9. The lowest BCUT2D eigenvalue weighted by molar-refractivity contribution is -0.117. The van der Waals surface area contributed by atoms with E-state index in [1.807, 2.05) is 0 Å². The van der Waals surface area contributed by atoms with E-state index in [9.17, 15) is 13.2 Å². The molecular weight excluding hydrogens is 308 g/mol. The maximum atomic E-state index is 11.9. The molecule has 110 valence electrons. The number of methoxy groups -OCH3 is 2. The van der Waals surface area contributed by atoms with E-state index >= 15 is 0 Å². The summed E-state index contributed by atoms with van der Waals surface area (Å²) in [6.45, 7) is -0.0188. The number of ether oxygens (including phenoxy) is 2. The van der Waals surface area contributed by atoms with Crippen molar-refractivity contribution in [1.82, 2.24) is 4.98 Å². The van der Waals surface area contributed by atoms with Crippen molar-refractivity contribution in [1.29, 1.82) is 0 Å². The van der Waals surface area contributed by atoms with Gasteiger partial charge >= 0.3 is 0 Å². The second-order valence-electron chi connectivity index (χ2n) is 4.19. The fourth-order valence-corrected chi connectivity index (χ4v) is 3.01. The van der Waals surface area contributed by atoms with Crippen LogP contribution in [0, 0.1) is 0 Å². The van der Waals surface area contributed by atoms with E-state index in [4.69, 9.17) is 20.2 Å². The van der Waals surface area contributed by atoms with Gasteiger partial charge in [0.1, 0.15) is 10.9 Å². The Labute approximate surface area is 120 Å². The predicted octanol–water partition coefficient (Wildman–Crippen LogP) is 0.773. The molecule has 1 aromatic rings. The number of carbonyl (C=O) groups is 1. The van der Waals surface area contributed by atoms with Crippen LogP contribution in [0.4, 0.5) is 5.69 Å². The van der Waals surface area contributed by atoms with E-state index in [2.05, 4.69) is 4.98 Å². The third-order valence-corrected chi connectivity index (χ3v) is 4.86. The molecule has 2 rings (SSSR count). The van der Waals surface area contributed by atoms with E-state index in [0.29, 0.717) is 11.6 Å². The van der Waals surface area contributed by atoms with Gasteiger partial charge in [-0.3, -0.25) is 4.79 Å². The molecule has 1 unspecified atom stereocenters. The molecular formula is C11H13ClN2O5S. The molecule has 1 aliphatic heterocycles. The first kappa shape index (κ1) is 14.9. The SMILES string of the molecule is COc1ccc(N2CC(S(=O)(=O)Cl)CC2=O)c(OC)n1. The number of amides is 1. The summed E-state index contributed by atoms with van der Waals surface area (Å²) in [5, 5.41) is -0.927. The highest BCUT2D eigenvalue weighted by molar-refractivity contribution is 8.14. The lowest BCUT2D eigenvalue weighted by Gasteiger charge is -2.18. The minimum absolute atomic E-state index is 0.0188. The molecule has 9 heteroatoms. The fraction of sp³-hybridized carbons (Fsp3) is 0.455. The summed E-state index contributed by atoms with van der Waals surface area (Å²) >= 11 is 0. The van der Waals surface area contributed by atoms with Crippen LogP contribution in [0.5, 0.6) is 11.8 Å². The minimum Gasteiger partial charge on any atom is -0.481 e. The van der Waals surface area contributed by atoms with Gasteiger partial charge in [0, 0.05) is 29.7 Å². The molecule has 0 bridgehead atoms. The van der Waals surface area contributed by atoms with Gasteiger partial charge in [-0.2, -0.15) is 4.98 Å². The molecule has 1 amide bonds. The van der Waals surface area contributed by atoms with Crippen LogP contribution in [-0.4, -0.2) is 45.3 Å². The Balaban J connectivity index is 2.35. The number of aromatic nitrogens is 1. The van der Waals surface area contributed by atoms with Gasteiger partial charge in [0.05, 0.1) is 14.2 Å². The van der Waals surface area contributed by atoms with Crippen LogP contribution in [0.25, 0.3) is 0 Å². The van der Waals surface area contributed by atoms with Crippen LogP contribution < -0.4 is 14.4 Å². The van der Waals surface area contributed by atoms with Gasteiger partial charge in [-0.15, -0.1) is 0 Å². The summed E-state index contributed by atoms with van der Waals surface area (Å²) in [5.41, 5.74) is 0.390. The number of rotatable bonds is 4. The van der Waals surface area contributed by atoms with E-state index < -0.39 is 14.3 Å². The van der Waals surface area contributed by atoms with Crippen molar-refractivity contribution in [2.75, 3.05) is 25.7 Å². The minimum atomic E-state index is -3.78. The topological polar surface area (TPSA) is 85.8 Å². The van der Waals surface area contributed by atoms with Crippen LogP contribution in [0.1, 0.15) is 6.42 Å². The monoisotopic (exact) mass is 320 g/mol. The highest BCUT2D eigenvalue weighted by Crippen LogP contribution is 2.33. The van der Waals surface area contributed by atoms with Gasteiger partial charge in [0.2, 0.25) is 26.7 Å². The van der Waals surface area contributed by atoms with Crippen LogP contribution in [0.15, 0.2) is 12.1 Å². The number of nitrogens with zero attached hydrogens (tertiary/aromatic N) is 2. The zero-order chi connectivity index (χ0) is 14.9. The van der Waals surface area contributed by atoms with Gasteiger partial charge in [0.25, 0.3) is 0 Å². The second kappa shape index (κ2) is 5.45. The first-order valence-corrected chi connectivity index (χ1v) is 8.07. The normalized spacial score (nSPS) is 19.2. The number of hydrogen-bond donors (Lipinski definition) is 0. The van der Waals surface area contributed by atoms with Crippen LogP contribution >= 0.6 is 10.7 Å². The van der Waals surface area contributed by atoms with Gasteiger partial charge in [0.15, 0.2) is 0 Å². The van der Waals surface area contributed by atoms with Crippen molar-refractivity contribution < 1.29 is 22.7 Å². The van der Waals surface area contributed by atoms with Crippen molar-refractivity contribution in [3.8, 4) is 11.8 Å². The predicted molar refractivity (Wildman–Crippen MR) is 72.9 cm³/mol. The third-order valence-electron chi connectivity index (χ3n) is 3.00. The number of carbonyl (C=O) groups excluding carboxylic acids is 1. The second-order valence-corrected chi connectivity index (χ2v) is 7.10. The Morgan fingerprint density at radius 3 is 2.55 bits per heavy atom. The number of hydrogen-bond acceptors (Lipinski definition) is 6. The summed E-state index contributed by atoms with van der Waals surface area (Å²) in [6, 6.07) is 3.15. The summed E-state index contributed by atoms with van der Waals surface area (Å²) < 4.78 is 32.7. The Morgan fingerprint density at radius 2 is 2.05 bits per heavy atom. The maximum absolute atomic E-state index is 11.9. The average molecular weight is 321 g/mol. The molecule has 7 nitrogen and oxygen atoms in total. The van der Waals surface area contributed by atoms with Crippen LogP contribution in [0.3, 0.4) is 0 Å². The first-order valence-electron chi connectivity index (χ1n) is 5.69. The highest BCUT2D eigenvalue weighted by Gasteiger charge is 2.39. The number of halogens is 1. The van der Waals surface area contributed by atoms with Gasteiger partial charge in [-0.25, -0.2) is 8.42 Å². The van der Waals surface area contributed by atoms with Gasteiger partial charge in [-0.05, 0) is 6.07 Å². The van der Waals surface area contributed by atoms with E-state index in [0.717, 1.165) is 0 Å². The van der Waals surface area contributed by atoms with Gasteiger partial charge in [-0.1, -0.05) is 0 Å². The quantitative estimate of drug-likeness (QED) is 0.762. The standard InChI is InChI=1S/C11H13ClN2O5S/c1-18-9-4-3-8(11(13-9)19-2)14-6-7(5-10(14)15)20(12,16)17/h3-4,7H,5-6H2,1-2H3. The summed E-state index contributed by atoms with van der Waals surface area (Å²) in [4.78, 5) is 17.3. The molecule has 20 heavy (non-hydrogen) atoms. The van der Waals surface area contributed by atoms with E-state index in [1.165, 1.54) is 19.1 Å². The molecule has 2 heterocycles. The maximum Gasteiger partial charge on any atom is 0.241 e. The summed E-state index contributed by atoms with van der Waals surface area (Å²) in [6.07, 6.45) is -0.152. The summed E-state index contributed by atoms with van der Waals surface area (Å²) in [5.74, 6) is 0.175. The molecule has 0 radical (unpaired) electrons. The van der Waals surface area contributed by atoms with Crippen molar-refractivity contribution >= 4 is 31.3 Å². The number of pyridine rings is 1. The summed E-state index contributed by atoms with van der Waals surface area (Å²) in [7, 11) is 4.38. The van der Waals surface area contributed by atoms with Crippen molar-refractivity contribution in [3.05, 3.63) is 12.1 Å². The molecule has 1 atom stereocenters. The Hall–Kier alpha value is -1.54. The molecule has 1 saturated heterocycles. The smallest absolute Gasteiger partial charge is 0.241 e. The van der Waals surface area contributed by atoms with E-state index in [-0.39, 0.29) is 24.8 Å². The van der Waals surface area contributed by atoms with Crippen LogP contribution in [0.2, 0.25) is 0 Å². The molecule has 0 saturated carbocycles. The van der Waals surface area contributed by atoms with Crippen molar-refractivity contribution in [2.24, 2.45) is 0 Å². The molecule has 1 aromatic heterocycles. The van der Waals surface area contributed by atoms with Crippen LogP contribution in [-0.2, 0) is 13.8 Å². The molecule has 1 fully saturated rings. The van der Waals surface area contributed by atoms with Crippen molar-refractivity contribution in [2.45, 2.75) is 11.7 Å². The molecule has 0 N–H and O–H groups in total. The highest BCUT2D eigenvalue weighted by atomic mass is 35.7. The lowest BCUT2D eigenvalue weighted by Crippen LogP contribution is -2.27. The third kappa shape index (κ3) is 2.80. The largest absolute Gasteiger partial charge is 0.481 e. The Kier molecular flexibility index (Phi) is 4.05. The van der Waals surface area contributed by atoms with Crippen molar-refractivity contribution in [3.63, 3.8) is 0 Å². The van der Waals surface area contributed by atoms with E-state index in [1.54, 1.807) is 12.1 Å².